The summed E-state index contributed by atoms with van der Waals surface area (Å²) in [7, 11) is 0. The molecule has 1 heteroatoms. The zero-order chi connectivity index (χ0) is 22.9. The molecule has 1 nitrogen and oxygen atoms in total. The van der Waals surface area contributed by atoms with Crippen molar-refractivity contribution in [3.05, 3.63) is 136 Å². The second-order valence-electron chi connectivity index (χ2n) is 9.74. The quantitative estimate of drug-likeness (QED) is 0.361. The summed E-state index contributed by atoms with van der Waals surface area (Å²) < 4.78 is 0. The molecule has 0 radical (unpaired) electrons. The summed E-state index contributed by atoms with van der Waals surface area (Å²) in [6, 6.07) is 35.5. The topological polar surface area (TPSA) is 26.0 Å². The number of fused-ring (bicyclic) bond motifs is 5. The molecule has 6 rings (SSSR count). The molecule has 0 spiro atoms. The van der Waals surface area contributed by atoms with Crippen molar-refractivity contribution >= 4 is 5.57 Å². The fraction of sp³-hybridized carbons (Fsp3) is 0.212. The number of rotatable bonds is 5. The van der Waals surface area contributed by atoms with Crippen molar-refractivity contribution in [1.82, 2.24) is 0 Å². The fourth-order valence-corrected chi connectivity index (χ4v) is 6.19. The van der Waals surface area contributed by atoms with E-state index in [0.717, 1.165) is 32.1 Å². The summed E-state index contributed by atoms with van der Waals surface area (Å²) in [5.41, 5.74) is 21.1. The van der Waals surface area contributed by atoms with Gasteiger partial charge in [0.1, 0.15) is 0 Å². The van der Waals surface area contributed by atoms with Crippen LogP contribution in [0.4, 0.5) is 0 Å². The number of nitrogens with two attached hydrogens (primary N) is 1. The summed E-state index contributed by atoms with van der Waals surface area (Å²) in [4.78, 5) is 0. The molecular weight excluding hydrogens is 410 g/mol. The van der Waals surface area contributed by atoms with Crippen LogP contribution in [0.3, 0.4) is 0 Å². The number of benzene rings is 4. The fourth-order valence-electron chi connectivity index (χ4n) is 6.19. The van der Waals surface area contributed by atoms with Crippen molar-refractivity contribution in [3.8, 4) is 11.1 Å². The Kier molecular flexibility index (Phi) is 5.65. The Hall–Kier alpha value is -3.42. The lowest BCUT2D eigenvalue weighted by atomic mass is 9.70. The Labute approximate surface area is 203 Å². The normalized spacial score (nSPS) is 16.6. The van der Waals surface area contributed by atoms with E-state index in [9.17, 15) is 0 Å². The van der Waals surface area contributed by atoms with Crippen LogP contribution in [0.15, 0.2) is 103 Å². The first-order valence-electron chi connectivity index (χ1n) is 12.5. The molecule has 0 fully saturated rings. The van der Waals surface area contributed by atoms with Gasteiger partial charge in [-0.2, -0.15) is 0 Å². The Balaban J connectivity index is 1.50. The molecular formula is C33H31N. The van der Waals surface area contributed by atoms with Crippen molar-refractivity contribution in [2.45, 2.75) is 32.1 Å². The molecule has 0 aromatic heterocycles. The number of aryl methyl sites for hydroxylation is 1. The molecule has 0 saturated carbocycles. The Morgan fingerprint density at radius 2 is 1.29 bits per heavy atom. The van der Waals surface area contributed by atoms with Gasteiger partial charge in [0.15, 0.2) is 0 Å². The molecule has 168 valence electrons. The highest BCUT2D eigenvalue weighted by Gasteiger charge is 2.30. The number of hydrogen-bond donors (Lipinski definition) is 1. The van der Waals surface area contributed by atoms with E-state index in [0.29, 0.717) is 12.5 Å². The molecule has 0 saturated heterocycles. The smallest absolute Gasteiger partial charge is 0.0146 e. The zero-order valence-electron chi connectivity index (χ0n) is 19.6. The summed E-state index contributed by atoms with van der Waals surface area (Å²) in [5.74, 6) is 0.447. The number of hydrogen-bond acceptors (Lipinski definition) is 1. The van der Waals surface area contributed by atoms with E-state index in [1.54, 1.807) is 11.1 Å². The van der Waals surface area contributed by atoms with E-state index in [1.165, 1.54) is 44.5 Å². The van der Waals surface area contributed by atoms with Crippen molar-refractivity contribution in [1.29, 1.82) is 0 Å². The highest BCUT2D eigenvalue weighted by Crippen LogP contribution is 2.44. The third-order valence-corrected chi connectivity index (χ3v) is 7.81. The monoisotopic (exact) mass is 441 g/mol. The van der Waals surface area contributed by atoms with Gasteiger partial charge in [0, 0.05) is 6.54 Å². The number of allylic oxidation sites excluding steroid dienone is 1. The maximum Gasteiger partial charge on any atom is 0.0146 e. The van der Waals surface area contributed by atoms with E-state index < -0.39 is 0 Å². The van der Waals surface area contributed by atoms with E-state index in [2.05, 4.69) is 97.1 Å². The molecule has 0 amide bonds. The van der Waals surface area contributed by atoms with E-state index >= 15 is 0 Å². The standard InChI is InChI=1S/C33H31N/c34-22-33-26(19-23-9-3-1-4-10-23)21-32-29-16-15-25-13-7-8-14-27(25)28(29)17-18-30(32)31(33)20-24-11-5-2-6-12-24/h1-14,17-18,26H,15-16,19-22,34H2. The largest absolute Gasteiger partial charge is 0.327 e. The van der Waals surface area contributed by atoms with Crippen molar-refractivity contribution in [2.24, 2.45) is 11.7 Å². The molecule has 0 heterocycles. The van der Waals surface area contributed by atoms with Crippen LogP contribution < -0.4 is 5.73 Å². The average molecular weight is 442 g/mol. The Morgan fingerprint density at radius 1 is 0.618 bits per heavy atom. The van der Waals surface area contributed by atoms with Crippen LogP contribution in [0, 0.1) is 5.92 Å². The average Bonchev–Trinajstić information content (AvgIpc) is 2.89. The summed E-state index contributed by atoms with van der Waals surface area (Å²) in [6.45, 7) is 0.624. The summed E-state index contributed by atoms with van der Waals surface area (Å²) in [6.07, 6.45) is 5.33. The Morgan fingerprint density at radius 3 is 2.06 bits per heavy atom. The van der Waals surface area contributed by atoms with Crippen LogP contribution in [0.5, 0.6) is 0 Å². The van der Waals surface area contributed by atoms with E-state index in [-0.39, 0.29) is 0 Å². The molecule has 2 aliphatic carbocycles. The Bertz CT molecular complexity index is 1350. The lowest BCUT2D eigenvalue weighted by Crippen LogP contribution is -2.26. The molecule has 0 aliphatic heterocycles. The molecule has 4 aromatic rings. The molecule has 1 unspecified atom stereocenters. The second-order valence-corrected chi connectivity index (χ2v) is 9.74. The van der Waals surface area contributed by atoms with Gasteiger partial charge in [-0.15, -0.1) is 0 Å². The minimum Gasteiger partial charge on any atom is -0.327 e. The van der Waals surface area contributed by atoms with Crippen LogP contribution in [-0.4, -0.2) is 6.54 Å². The van der Waals surface area contributed by atoms with Gasteiger partial charge in [-0.3, -0.25) is 0 Å². The maximum atomic E-state index is 6.49. The van der Waals surface area contributed by atoms with Crippen LogP contribution in [0.25, 0.3) is 16.7 Å². The lowest BCUT2D eigenvalue weighted by Gasteiger charge is -2.34. The van der Waals surface area contributed by atoms with Gasteiger partial charge in [-0.05, 0) is 93.7 Å². The summed E-state index contributed by atoms with van der Waals surface area (Å²) >= 11 is 0. The first-order chi connectivity index (χ1) is 16.8. The molecule has 2 aliphatic rings. The first-order valence-corrected chi connectivity index (χ1v) is 12.5. The zero-order valence-corrected chi connectivity index (χ0v) is 19.6. The van der Waals surface area contributed by atoms with Crippen LogP contribution in [0.2, 0.25) is 0 Å². The molecule has 0 bridgehead atoms. The molecule has 34 heavy (non-hydrogen) atoms. The predicted molar refractivity (Wildman–Crippen MR) is 143 cm³/mol. The van der Waals surface area contributed by atoms with Gasteiger partial charge in [-0.1, -0.05) is 97.1 Å². The van der Waals surface area contributed by atoms with Gasteiger partial charge < -0.3 is 5.73 Å². The van der Waals surface area contributed by atoms with Crippen LogP contribution in [-0.2, 0) is 32.1 Å². The molecule has 1 atom stereocenters. The van der Waals surface area contributed by atoms with Crippen LogP contribution in [0.1, 0.15) is 33.4 Å². The van der Waals surface area contributed by atoms with Crippen LogP contribution >= 0.6 is 0 Å². The molecule has 4 aromatic carbocycles. The lowest BCUT2D eigenvalue weighted by molar-refractivity contribution is 0.582. The van der Waals surface area contributed by atoms with Crippen molar-refractivity contribution < 1.29 is 0 Å². The van der Waals surface area contributed by atoms with Gasteiger partial charge in [0.25, 0.3) is 0 Å². The predicted octanol–water partition coefficient (Wildman–Crippen LogP) is 6.82. The molecule has 2 N–H and O–H groups in total. The third kappa shape index (κ3) is 3.81. The minimum atomic E-state index is 0.447. The third-order valence-electron chi connectivity index (χ3n) is 7.81. The summed E-state index contributed by atoms with van der Waals surface area (Å²) in [5, 5.41) is 0. The van der Waals surface area contributed by atoms with Gasteiger partial charge in [0.05, 0.1) is 0 Å². The van der Waals surface area contributed by atoms with Crippen molar-refractivity contribution in [2.75, 3.05) is 6.54 Å². The van der Waals surface area contributed by atoms with Gasteiger partial charge >= 0.3 is 0 Å². The van der Waals surface area contributed by atoms with Gasteiger partial charge in [0.2, 0.25) is 0 Å². The maximum absolute atomic E-state index is 6.49. The van der Waals surface area contributed by atoms with Gasteiger partial charge in [-0.25, -0.2) is 0 Å². The highest BCUT2D eigenvalue weighted by molar-refractivity contribution is 5.82. The van der Waals surface area contributed by atoms with E-state index in [4.69, 9.17) is 5.73 Å². The second kappa shape index (κ2) is 9.08. The highest BCUT2D eigenvalue weighted by atomic mass is 14.6. The van der Waals surface area contributed by atoms with Crippen molar-refractivity contribution in [3.63, 3.8) is 0 Å². The first kappa shape index (κ1) is 21.1. The minimum absolute atomic E-state index is 0.447. The SMILES string of the molecule is NCC1=C(Cc2ccccc2)c2ccc3c(c2CC1Cc1ccccc1)CCc1ccccc1-3. The van der Waals surface area contributed by atoms with E-state index in [1.807, 2.05) is 0 Å².